The summed E-state index contributed by atoms with van der Waals surface area (Å²) in [7, 11) is 1.70. The van der Waals surface area contributed by atoms with Crippen LogP contribution in [-0.2, 0) is 6.54 Å². The third kappa shape index (κ3) is 3.89. The average molecular weight is 312 g/mol. The van der Waals surface area contributed by atoms with Crippen LogP contribution in [0.5, 0.6) is 5.75 Å². The maximum Gasteiger partial charge on any atom is 0.126 e. The smallest absolute Gasteiger partial charge is 0.126 e. The third-order valence-electron chi connectivity index (χ3n) is 4.50. The highest BCUT2D eigenvalue weighted by Gasteiger charge is 2.19. The predicted octanol–water partition coefficient (Wildman–Crippen LogP) is 2.96. The number of methoxy groups -OCH3 is 1. The Morgan fingerprint density at radius 2 is 2.26 bits per heavy atom. The van der Waals surface area contributed by atoms with Crippen LogP contribution in [0.3, 0.4) is 0 Å². The number of hydrogen-bond acceptors (Lipinski definition) is 4. The molecule has 2 heterocycles. The van der Waals surface area contributed by atoms with Crippen molar-refractivity contribution in [2.45, 2.75) is 19.4 Å². The minimum Gasteiger partial charge on any atom is -0.496 e. The molecule has 1 aromatic carbocycles. The number of pyridine rings is 1. The third-order valence-corrected chi connectivity index (χ3v) is 4.50. The molecule has 1 aromatic heterocycles. The zero-order valence-corrected chi connectivity index (χ0v) is 13.6. The Bertz CT molecular complexity index is 631. The lowest BCUT2D eigenvalue weighted by Crippen LogP contribution is -2.36. The van der Waals surface area contributed by atoms with Crippen LogP contribution >= 0.6 is 0 Å². The van der Waals surface area contributed by atoms with E-state index in [9.17, 15) is 5.11 Å². The average Bonchev–Trinajstić information content (AvgIpc) is 2.62. The molecule has 1 N–H and O–H groups in total. The first-order chi connectivity index (χ1) is 11.3. The van der Waals surface area contributed by atoms with Crippen LogP contribution in [0.4, 0.5) is 0 Å². The van der Waals surface area contributed by atoms with Crippen LogP contribution in [-0.4, -0.2) is 41.8 Å². The van der Waals surface area contributed by atoms with Gasteiger partial charge in [-0.3, -0.25) is 9.88 Å². The van der Waals surface area contributed by atoms with Gasteiger partial charge in [0.2, 0.25) is 0 Å². The zero-order chi connectivity index (χ0) is 16.1. The zero-order valence-electron chi connectivity index (χ0n) is 13.6. The molecule has 0 saturated carbocycles. The predicted molar refractivity (Wildman–Crippen MR) is 91.3 cm³/mol. The van der Waals surface area contributed by atoms with E-state index < -0.39 is 0 Å². The van der Waals surface area contributed by atoms with Crippen molar-refractivity contribution in [1.29, 1.82) is 0 Å². The van der Waals surface area contributed by atoms with E-state index >= 15 is 0 Å². The lowest BCUT2D eigenvalue weighted by molar-refractivity contribution is 0.116. The standard InChI is InChI=1S/C19H24N2O2/c1-23-19-7-6-15(10-18(19)17-5-2-8-20-11-17)12-21-9-3-4-16(13-21)14-22/h2,5-8,10-11,16,22H,3-4,9,12-14H2,1H3. The summed E-state index contributed by atoms with van der Waals surface area (Å²) in [5.74, 6) is 1.29. The van der Waals surface area contributed by atoms with Gasteiger partial charge in [0.15, 0.2) is 0 Å². The number of aromatic nitrogens is 1. The van der Waals surface area contributed by atoms with Crippen molar-refractivity contribution in [2.24, 2.45) is 5.92 Å². The molecule has 1 fully saturated rings. The molecule has 3 rings (SSSR count). The fourth-order valence-corrected chi connectivity index (χ4v) is 3.30. The van der Waals surface area contributed by atoms with E-state index in [2.05, 4.69) is 28.1 Å². The molecule has 4 nitrogen and oxygen atoms in total. The molecule has 1 aliphatic rings. The first-order valence-electron chi connectivity index (χ1n) is 8.20. The van der Waals surface area contributed by atoms with Gasteiger partial charge in [-0.15, -0.1) is 0 Å². The number of nitrogens with zero attached hydrogens (tertiary/aromatic N) is 2. The molecule has 4 heteroatoms. The number of likely N-dealkylation sites (tertiary alicyclic amines) is 1. The van der Waals surface area contributed by atoms with Gasteiger partial charge < -0.3 is 9.84 Å². The first-order valence-corrected chi connectivity index (χ1v) is 8.20. The van der Waals surface area contributed by atoms with Crippen LogP contribution in [0.1, 0.15) is 18.4 Å². The highest BCUT2D eigenvalue weighted by molar-refractivity contribution is 5.70. The van der Waals surface area contributed by atoms with Gasteiger partial charge in [0.05, 0.1) is 7.11 Å². The molecule has 23 heavy (non-hydrogen) atoms. The number of piperidine rings is 1. The van der Waals surface area contributed by atoms with E-state index in [-0.39, 0.29) is 0 Å². The highest BCUT2D eigenvalue weighted by atomic mass is 16.5. The summed E-state index contributed by atoms with van der Waals surface area (Å²) in [5.41, 5.74) is 3.41. The van der Waals surface area contributed by atoms with Crippen molar-refractivity contribution in [3.8, 4) is 16.9 Å². The topological polar surface area (TPSA) is 45.6 Å². The van der Waals surface area contributed by atoms with E-state index in [0.717, 1.165) is 49.4 Å². The van der Waals surface area contributed by atoms with Crippen molar-refractivity contribution < 1.29 is 9.84 Å². The fraction of sp³-hybridized carbons (Fsp3) is 0.421. The summed E-state index contributed by atoms with van der Waals surface area (Å²) in [6.45, 7) is 3.28. The molecule has 1 unspecified atom stereocenters. The second-order valence-electron chi connectivity index (χ2n) is 6.20. The van der Waals surface area contributed by atoms with Crippen molar-refractivity contribution in [2.75, 3.05) is 26.8 Å². The maximum atomic E-state index is 9.39. The van der Waals surface area contributed by atoms with Gasteiger partial charge >= 0.3 is 0 Å². The molecule has 0 spiro atoms. The Morgan fingerprint density at radius 3 is 3.00 bits per heavy atom. The summed E-state index contributed by atoms with van der Waals surface area (Å²) in [6.07, 6.45) is 5.94. The Hall–Kier alpha value is -1.91. The number of rotatable bonds is 5. The number of aliphatic hydroxyl groups is 1. The summed E-state index contributed by atoms with van der Waals surface area (Å²) in [5, 5.41) is 9.39. The van der Waals surface area contributed by atoms with Crippen molar-refractivity contribution >= 4 is 0 Å². The van der Waals surface area contributed by atoms with E-state index in [4.69, 9.17) is 4.74 Å². The van der Waals surface area contributed by atoms with Gasteiger partial charge in [-0.1, -0.05) is 12.1 Å². The largest absolute Gasteiger partial charge is 0.496 e. The highest BCUT2D eigenvalue weighted by Crippen LogP contribution is 2.31. The molecule has 0 bridgehead atoms. The van der Waals surface area contributed by atoms with Crippen LogP contribution in [0.15, 0.2) is 42.7 Å². The summed E-state index contributed by atoms with van der Waals surface area (Å²) in [4.78, 5) is 6.64. The molecular formula is C19H24N2O2. The van der Waals surface area contributed by atoms with Gasteiger partial charge in [0, 0.05) is 43.2 Å². The molecule has 1 saturated heterocycles. The minimum absolute atomic E-state index is 0.292. The molecule has 122 valence electrons. The van der Waals surface area contributed by atoms with Gasteiger partial charge in [-0.05, 0) is 49.1 Å². The van der Waals surface area contributed by atoms with Crippen molar-refractivity contribution in [1.82, 2.24) is 9.88 Å². The summed E-state index contributed by atoms with van der Waals surface area (Å²) in [6, 6.07) is 10.3. The lowest BCUT2D eigenvalue weighted by Gasteiger charge is -2.31. The number of ether oxygens (including phenoxy) is 1. The van der Waals surface area contributed by atoms with Gasteiger partial charge in [-0.2, -0.15) is 0 Å². The molecule has 1 aliphatic heterocycles. The maximum absolute atomic E-state index is 9.39. The molecule has 2 aromatic rings. The van der Waals surface area contributed by atoms with Crippen molar-refractivity contribution in [3.05, 3.63) is 48.3 Å². The van der Waals surface area contributed by atoms with Gasteiger partial charge in [-0.25, -0.2) is 0 Å². The van der Waals surface area contributed by atoms with Crippen LogP contribution in [0.2, 0.25) is 0 Å². The van der Waals surface area contributed by atoms with Crippen LogP contribution < -0.4 is 4.74 Å². The van der Waals surface area contributed by atoms with Gasteiger partial charge in [0.1, 0.15) is 5.75 Å². The summed E-state index contributed by atoms with van der Waals surface area (Å²) >= 11 is 0. The van der Waals surface area contributed by atoms with Gasteiger partial charge in [0.25, 0.3) is 0 Å². The summed E-state index contributed by atoms with van der Waals surface area (Å²) < 4.78 is 5.50. The second-order valence-corrected chi connectivity index (χ2v) is 6.20. The first kappa shape index (κ1) is 16.0. The second kappa shape index (κ2) is 7.57. The number of aliphatic hydroxyl groups excluding tert-OH is 1. The Balaban J connectivity index is 1.81. The van der Waals surface area contributed by atoms with E-state index in [1.54, 1.807) is 13.3 Å². The van der Waals surface area contributed by atoms with Crippen molar-refractivity contribution in [3.63, 3.8) is 0 Å². The number of benzene rings is 1. The van der Waals surface area contributed by atoms with E-state index in [1.165, 1.54) is 5.56 Å². The normalized spacial score (nSPS) is 18.8. The Kier molecular flexibility index (Phi) is 5.26. The lowest BCUT2D eigenvalue weighted by atomic mass is 9.98. The monoisotopic (exact) mass is 312 g/mol. The fourth-order valence-electron chi connectivity index (χ4n) is 3.30. The van der Waals surface area contributed by atoms with E-state index in [1.807, 2.05) is 18.3 Å². The number of hydrogen-bond donors (Lipinski definition) is 1. The molecule has 0 radical (unpaired) electrons. The minimum atomic E-state index is 0.292. The molecule has 1 atom stereocenters. The van der Waals surface area contributed by atoms with Crippen LogP contribution in [0.25, 0.3) is 11.1 Å². The molecule has 0 amide bonds. The Morgan fingerprint density at radius 1 is 1.35 bits per heavy atom. The quantitative estimate of drug-likeness (QED) is 0.922. The molecule has 0 aliphatic carbocycles. The SMILES string of the molecule is COc1ccc(CN2CCCC(CO)C2)cc1-c1cccnc1. The van der Waals surface area contributed by atoms with E-state index in [0.29, 0.717) is 12.5 Å². The Labute approximate surface area is 137 Å². The van der Waals surface area contributed by atoms with Crippen LogP contribution in [0, 0.1) is 5.92 Å². The molecular weight excluding hydrogens is 288 g/mol.